The van der Waals surface area contributed by atoms with E-state index in [1.165, 1.54) is 18.4 Å². The molecule has 0 atom stereocenters. The van der Waals surface area contributed by atoms with Gasteiger partial charge in [-0.25, -0.2) is 0 Å². The minimum absolute atomic E-state index is 0.0244. The molecule has 0 saturated carbocycles. The van der Waals surface area contributed by atoms with E-state index in [1.807, 2.05) is 47.1 Å². The van der Waals surface area contributed by atoms with Crippen LogP contribution in [0.3, 0.4) is 0 Å². The van der Waals surface area contributed by atoms with Crippen LogP contribution in [-0.2, 0) is 16.0 Å². The third kappa shape index (κ3) is 8.45. The SMILES string of the molecule is CC(=O)N1CCC(C(=O)N(CCCN2CCC(Cc3ccc(OCCO)cc3)CC2)c2ccc(C)c(Cl)c2)CC1. The lowest BCUT2D eigenvalue weighted by Crippen LogP contribution is -2.45. The Morgan fingerprint density at radius 3 is 2.35 bits per heavy atom. The lowest BCUT2D eigenvalue weighted by Gasteiger charge is -2.35. The molecule has 2 aliphatic heterocycles. The molecule has 2 fully saturated rings. The Morgan fingerprint density at radius 1 is 1.02 bits per heavy atom. The van der Waals surface area contributed by atoms with Gasteiger partial charge in [-0.05, 0) is 106 Å². The van der Waals surface area contributed by atoms with Crippen molar-refractivity contribution < 1.29 is 19.4 Å². The Hall–Kier alpha value is -2.61. The van der Waals surface area contributed by atoms with Crippen molar-refractivity contribution in [1.29, 1.82) is 0 Å². The van der Waals surface area contributed by atoms with Gasteiger partial charge in [-0.2, -0.15) is 0 Å². The Labute approximate surface area is 244 Å². The Kier molecular flexibility index (Phi) is 11.3. The molecule has 2 aliphatic rings. The summed E-state index contributed by atoms with van der Waals surface area (Å²) in [5, 5.41) is 9.59. The molecule has 2 aromatic rings. The molecule has 0 aliphatic carbocycles. The number of benzene rings is 2. The number of aryl methyl sites for hydroxylation is 1. The van der Waals surface area contributed by atoms with Crippen molar-refractivity contribution in [1.82, 2.24) is 9.80 Å². The van der Waals surface area contributed by atoms with Gasteiger partial charge >= 0.3 is 0 Å². The second-order valence-electron chi connectivity index (χ2n) is 11.3. The van der Waals surface area contributed by atoms with Crippen molar-refractivity contribution in [2.24, 2.45) is 11.8 Å². The molecule has 2 heterocycles. The van der Waals surface area contributed by atoms with E-state index in [0.717, 1.165) is 49.5 Å². The molecular weight excluding hydrogens is 526 g/mol. The molecule has 0 spiro atoms. The smallest absolute Gasteiger partial charge is 0.230 e. The van der Waals surface area contributed by atoms with Crippen LogP contribution in [0, 0.1) is 18.8 Å². The first-order valence-electron chi connectivity index (χ1n) is 14.7. The van der Waals surface area contributed by atoms with Gasteiger partial charge < -0.3 is 24.5 Å². The maximum absolute atomic E-state index is 13.7. The van der Waals surface area contributed by atoms with Crippen LogP contribution in [0.25, 0.3) is 0 Å². The molecule has 2 aromatic carbocycles. The van der Waals surface area contributed by atoms with E-state index in [-0.39, 0.29) is 24.3 Å². The first-order valence-corrected chi connectivity index (χ1v) is 15.1. The highest BCUT2D eigenvalue weighted by molar-refractivity contribution is 6.31. The van der Waals surface area contributed by atoms with Crippen LogP contribution in [-0.4, -0.2) is 79.2 Å². The number of likely N-dealkylation sites (tertiary alicyclic amines) is 2. The van der Waals surface area contributed by atoms with Crippen LogP contribution < -0.4 is 9.64 Å². The van der Waals surface area contributed by atoms with E-state index >= 15 is 0 Å². The number of anilines is 1. The fourth-order valence-corrected chi connectivity index (χ4v) is 6.04. The molecule has 2 amide bonds. The van der Waals surface area contributed by atoms with Gasteiger partial charge in [0.2, 0.25) is 11.8 Å². The Balaban J connectivity index is 1.27. The third-order valence-corrected chi connectivity index (χ3v) is 8.80. The van der Waals surface area contributed by atoms with Crippen LogP contribution in [0.5, 0.6) is 5.75 Å². The quantitative estimate of drug-likeness (QED) is 0.414. The van der Waals surface area contributed by atoms with Gasteiger partial charge in [0.25, 0.3) is 0 Å². The Morgan fingerprint density at radius 2 is 1.73 bits per heavy atom. The van der Waals surface area contributed by atoms with Crippen molar-refractivity contribution in [3.63, 3.8) is 0 Å². The molecule has 0 aromatic heterocycles. The highest BCUT2D eigenvalue weighted by Gasteiger charge is 2.30. The number of ether oxygens (including phenoxy) is 1. The summed E-state index contributed by atoms with van der Waals surface area (Å²) < 4.78 is 5.47. The standard InChI is InChI=1S/C32H44ClN3O4/c1-24-4-7-29(23-31(24)33)36(32(39)28-12-18-35(19-13-28)25(2)38)15-3-14-34-16-10-27(11-17-34)22-26-5-8-30(9-6-26)40-21-20-37/h4-9,23,27-28,37H,3,10-22H2,1-2H3. The number of nitrogens with zero attached hydrogens (tertiary/aromatic N) is 3. The maximum atomic E-state index is 13.7. The van der Waals surface area contributed by atoms with Crippen molar-refractivity contribution in [3.8, 4) is 5.75 Å². The topological polar surface area (TPSA) is 73.3 Å². The van der Waals surface area contributed by atoms with E-state index < -0.39 is 0 Å². The van der Waals surface area contributed by atoms with Crippen molar-refractivity contribution in [3.05, 3.63) is 58.6 Å². The van der Waals surface area contributed by atoms with Gasteiger partial charge in [-0.15, -0.1) is 0 Å². The first-order chi connectivity index (χ1) is 19.3. The zero-order chi connectivity index (χ0) is 28.5. The van der Waals surface area contributed by atoms with Crippen LogP contribution >= 0.6 is 11.6 Å². The molecule has 8 heteroatoms. The molecule has 4 rings (SSSR count). The molecule has 40 heavy (non-hydrogen) atoms. The molecule has 7 nitrogen and oxygen atoms in total. The second kappa shape index (κ2) is 14.9. The van der Waals surface area contributed by atoms with E-state index in [9.17, 15) is 9.59 Å². The summed E-state index contributed by atoms with van der Waals surface area (Å²) in [6.45, 7) is 8.99. The maximum Gasteiger partial charge on any atom is 0.230 e. The Bertz CT molecular complexity index is 1110. The monoisotopic (exact) mass is 569 g/mol. The van der Waals surface area contributed by atoms with Crippen LogP contribution in [0.4, 0.5) is 5.69 Å². The van der Waals surface area contributed by atoms with Crippen LogP contribution in [0.15, 0.2) is 42.5 Å². The summed E-state index contributed by atoms with van der Waals surface area (Å²) in [4.78, 5) is 31.7. The first kappa shape index (κ1) is 30.4. The zero-order valence-corrected chi connectivity index (χ0v) is 24.7. The molecule has 0 radical (unpaired) electrons. The summed E-state index contributed by atoms with van der Waals surface area (Å²) in [7, 11) is 0. The molecule has 218 valence electrons. The normalized spacial score (nSPS) is 17.1. The van der Waals surface area contributed by atoms with E-state index in [0.29, 0.717) is 50.0 Å². The lowest BCUT2D eigenvalue weighted by atomic mass is 9.90. The number of carbonyl (C=O) groups excluding carboxylic acids is 2. The van der Waals surface area contributed by atoms with Crippen LogP contribution in [0.2, 0.25) is 5.02 Å². The molecule has 1 N–H and O–H groups in total. The van der Waals surface area contributed by atoms with E-state index in [1.54, 1.807) is 6.92 Å². The predicted molar refractivity (Wildman–Crippen MR) is 160 cm³/mol. The minimum atomic E-state index is -0.0678. The summed E-state index contributed by atoms with van der Waals surface area (Å²) in [6, 6.07) is 14.1. The average Bonchev–Trinajstić information content (AvgIpc) is 2.97. The van der Waals surface area contributed by atoms with Gasteiger partial charge in [0.05, 0.1) is 6.61 Å². The lowest BCUT2D eigenvalue weighted by molar-refractivity contribution is -0.133. The van der Waals surface area contributed by atoms with E-state index in [2.05, 4.69) is 17.0 Å². The third-order valence-electron chi connectivity index (χ3n) is 8.39. The fraction of sp³-hybridized carbons (Fsp3) is 0.562. The minimum Gasteiger partial charge on any atom is -0.491 e. The number of piperidine rings is 2. The van der Waals surface area contributed by atoms with Gasteiger partial charge in [0.1, 0.15) is 12.4 Å². The summed E-state index contributed by atoms with van der Waals surface area (Å²) >= 11 is 6.45. The zero-order valence-electron chi connectivity index (χ0n) is 24.0. The fourth-order valence-electron chi connectivity index (χ4n) is 5.86. The number of amides is 2. The van der Waals surface area contributed by atoms with Gasteiger partial charge in [0, 0.05) is 43.2 Å². The number of aliphatic hydroxyl groups excluding tert-OH is 1. The van der Waals surface area contributed by atoms with Gasteiger partial charge in [0.15, 0.2) is 0 Å². The largest absolute Gasteiger partial charge is 0.491 e. The predicted octanol–water partition coefficient (Wildman–Crippen LogP) is 4.96. The summed E-state index contributed by atoms with van der Waals surface area (Å²) in [5.74, 6) is 1.64. The van der Waals surface area contributed by atoms with Crippen molar-refractivity contribution in [2.45, 2.75) is 52.4 Å². The van der Waals surface area contributed by atoms with Crippen molar-refractivity contribution >= 4 is 29.1 Å². The highest BCUT2D eigenvalue weighted by atomic mass is 35.5. The summed E-state index contributed by atoms with van der Waals surface area (Å²) in [6.07, 6.45) is 5.75. The molecule has 2 saturated heterocycles. The number of hydrogen-bond donors (Lipinski definition) is 1. The second-order valence-corrected chi connectivity index (χ2v) is 11.7. The number of hydrogen-bond acceptors (Lipinski definition) is 5. The number of aliphatic hydroxyl groups is 1. The van der Waals surface area contributed by atoms with E-state index in [4.69, 9.17) is 21.4 Å². The van der Waals surface area contributed by atoms with Gasteiger partial charge in [-0.1, -0.05) is 29.8 Å². The average molecular weight is 570 g/mol. The molecular formula is C32H44ClN3O4. The molecule has 0 bridgehead atoms. The summed E-state index contributed by atoms with van der Waals surface area (Å²) in [5.41, 5.74) is 3.19. The highest BCUT2D eigenvalue weighted by Crippen LogP contribution is 2.28. The number of rotatable bonds is 11. The number of carbonyl (C=O) groups is 2. The number of halogens is 1. The van der Waals surface area contributed by atoms with Crippen LogP contribution in [0.1, 0.15) is 50.2 Å². The van der Waals surface area contributed by atoms with Gasteiger partial charge in [-0.3, -0.25) is 9.59 Å². The molecule has 0 unspecified atom stereocenters. The van der Waals surface area contributed by atoms with Crippen molar-refractivity contribution in [2.75, 3.05) is 57.4 Å².